The summed E-state index contributed by atoms with van der Waals surface area (Å²) >= 11 is 0. The van der Waals surface area contributed by atoms with Crippen molar-refractivity contribution < 1.29 is 56.6 Å². The zero-order valence-corrected chi connectivity index (χ0v) is 40.2. The minimum Gasteiger partial charge on any atom is -0.748 e. The Hall–Kier alpha value is -3.81. The van der Waals surface area contributed by atoms with Crippen LogP contribution in [0.4, 0.5) is 22.7 Å². The van der Waals surface area contributed by atoms with E-state index < -0.39 is 10.1 Å². The molecular formula is C50H62N5NaO5S. The average molecular weight is 868 g/mol. The number of rotatable bonds is 16. The van der Waals surface area contributed by atoms with Crippen LogP contribution in [-0.4, -0.2) is 85.8 Å². The van der Waals surface area contributed by atoms with Crippen LogP contribution in [-0.2, 0) is 30.5 Å². The normalized spacial score (nSPS) is 19.9. The van der Waals surface area contributed by atoms with Crippen molar-refractivity contribution >= 4 is 44.5 Å². The molecule has 3 aromatic rings. The first-order chi connectivity index (χ1) is 29.3. The van der Waals surface area contributed by atoms with Crippen molar-refractivity contribution in [3.05, 3.63) is 138 Å². The van der Waals surface area contributed by atoms with Crippen molar-refractivity contribution in [3.8, 4) is 0 Å². The molecule has 324 valence electrons. The minimum absolute atomic E-state index is 0. The summed E-state index contributed by atoms with van der Waals surface area (Å²) in [6, 6.07) is 25.1. The van der Waals surface area contributed by atoms with E-state index in [1.165, 1.54) is 33.7 Å². The fraction of sp³-hybridized carbons (Fsp3) is 0.420. The summed E-state index contributed by atoms with van der Waals surface area (Å²) in [5.41, 5.74) is 12.0. The number of unbranched alkanes of at least 4 members (excludes halogenated alkanes) is 2. The predicted molar refractivity (Wildman–Crippen MR) is 247 cm³/mol. The Labute approximate surface area is 391 Å². The standard InChI is InChI=1S/C50H62N5O5S.Na/c1-6-7-29-54-43-19-10-8-17-41(43)49(2,3)45(54)27-21-37-15-14-16-38(48(37)52-40-25-23-39(24-26-40)51-47(56)36-53-31-33-60-34-32-53)22-28-46-50(4,5)42-18-9-11-20-44(42)55(46)30-12-13-35-61(57,58)59;/h8-11,17-28H,1,6-7,12-16,29-36H2,2-5H3,(H2,51,56,57,58,59);/q-1;+1/b37-21+,45-27+;. The molecule has 3 heterocycles. The molecule has 0 radical (unpaired) electrons. The molecule has 2 N–H and O–H groups in total. The molecule has 1 saturated heterocycles. The van der Waals surface area contributed by atoms with Crippen molar-refractivity contribution in [2.75, 3.05) is 67.2 Å². The second kappa shape index (κ2) is 20.8. The van der Waals surface area contributed by atoms with Crippen LogP contribution in [0.25, 0.3) is 0 Å². The van der Waals surface area contributed by atoms with Gasteiger partial charge in [-0.05, 0) is 92.6 Å². The van der Waals surface area contributed by atoms with Gasteiger partial charge in [-0.1, -0.05) is 68.8 Å². The summed E-state index contributed by atoms with van der Waals surface area (Å²) in [6.07, 6.45) is 14.7. The van der Waals surface area contributed by atoms with Crippen LogP contribution in [0.2, 0.25) is 0 Å². The summed E-state index contributed by atoms with van der Waals surface area (Å²) < 4.78 is 42.0. The zero-order chi connectivity index (χ0) is 43.2. The monoisotopic (exact) mass is 867 g/mol. The number of allylic oxidation sites excluding steroid dienone is 7. The fourth-order valence-corrected chi connectivity index (χ4v) is 9.86. The summed E-state index contributed by atoms with van der Waals surface area (Å²) in [6.45, 7) is 17.9. The van der Waals surface area contributed by atoms with Crippen LogP contribution < -0.4 is 45.1 Å². The van der Waals surface area contributed by atoms with E-state index in [0.29, 0.717) is 39.1 Å². The maximum atomic E-state index is 12.9. The topological polar surface area (TPSA) is 117 Å². The summed E-state index contributed by atoms with van der Waals surface area (Å²) in [7, 11) is -4.27. The predicted octanol–water partition coefficient (Wildman–Crippen LogP) is 5.99. The Morgan fingerprint density at radius 2 is 1.56 bits per heavy atom. The maximum absolute atomic E-state index is 12.9. The van der Waals surface area contributed by atoms with Gasteiger partial charge in [-0.3, -0.25) is 9.69 Å². The number of morpholine rings is 1. The quantitative estimate of drug-likeness (QED) is 0.0594. The van der Waals surface area contributed by atoms with E-state index in [4.69, 9.17) is 4.74 Å². The number of benzene rings is 3. The van der Waals surface area contributed by atoms with Gasteiger partial charge in [0.15, 0.2) is 5.71 Å². The van der Waals surface area contributed by atoms with Crippen molar-refractivity contribution in [1.29, 1.82) is 0 Å². The molecule has 7 rings (SSSR count). The molecule has 0 bridgehead atoms. The zero-order valence-electron chi connectivity index (χ0n) is 37.3. The third kappa shape index (κ3) is 11.1. The molecule has 3 aliphatic heterocycles. The average Bonchev–Trinajstić information content (AvgIpc) is 3.59. The molecule has 0 saturated carbocycles. The van der Waals surface area contributed by atoms with Gasteiger partial charge in [-0.2, -0.15) is 11.0 Å². The van der Waals surface area contributed by atoms with Crippen LogP contribution in [0, 0.1) is 6.92 Å². The third-order valence-corrected chi connectivity index (χ3v) is 13.4. The second-order valence-corrected chi connectivity index (χ2v) is 19.1. The van der Waals surface area contributed by atoms with Crippen LogP contribution >= 0.6 is 0 Å². The Bertz CT molecular complexity index is 2360. The summed E-state index contributed by atoms with van der Waals surface area (Å²) in [5, 5.41) is 6.90. The number of nitrogens with zero attached hydrogens (tertiary/aromatic N) is 3. The molecule has 10 nitrogen and oxygen atoms in total. The Morgan fingerprint density at radius 1 is 0.871 bits per heavy atom. The first kappa shape index (κ1) is 47.7. The molecule has 0 aromatic heterocycles. The van der Waals surface area contributed by atoms with Crippen LogP contribution in [0.15, 0.2) is 120 Å². The van der Waals surface area contributed by atoms with Gasteiger partial charge in [0, 0.05) is 83.4 Å². The molecular weight excluding hydrogens is 806 g/mol. The van der Waals surface area contributed by atoms with E-state index in [-0.39, 0.29) is 52.0 Å². The SMILES string of the molecule is [CH2-]CCCN1/C(=C/C=C2\CCCC(/C=C/C3=[N+](CCCCS(=O)(=O)[O-])c4ccccc4C3(C)C)=C2Nc2ccc(NC(=O)CN3CCOCC3)cc2)C(C)(C)c2ccccc21.[Na+]. The van der Waals surface area contributed by atoms with Crippen LogP contribution in [0.3, 0.4) is 0 Å². The number of anilines is 3. The van der Waals surface area contributed by atoms with Gasteiger partial charge in [-0.25, -0.2) is 8.42 Å². The van der Waals surface area contributed by atoms with Crippen LogP contribution in [0.5, 0.6) is 0 Å². The van der Waals surface area contributed by atoms with E-state index >= 15 is 0 Å². The fourth-order valence-electron chi connectivity index (χ4n) is 9.30. The number of nitrogens with one attached hydrogen (secondary N) is 2. The van der Waals surface area contributed by atoms with E-state index in [9.17, 15) is 17.8 Å². The van der Waals surface area contributed by atoms with Gasteiger partial charge in [0.25, 0.3) is 0 Å². The molecule has 4 aliphatic rings. The second-order valence-electron chi connectivity index (χ2n) is 17.6. The molecule has 1 aliphatic carbocycles. The van der Waals surface area contributed by atoms with Gasteiger partial charge in [0.2, 0.25) is 11.6 Å². The van der Waals surface area contributed by atoms with Crippen molar-refractivity contribution in [2.24, 2.45) is 0 Å². The number of carbonyl (C=O) groups excluding carboxylic acids is 1. The number of ether oxygens (including phenoxy) is 1. The molecule has 1 fully saturated rings. The molecule has 62 heavy (non-hydrogen) atoms. The van der Waals surface area contributed by atoms with Gasteiger partial charge < -0.3 is 31.7 Å². The smallest absolute Gasteiger partial charge is 0.748 e. The molecule has 3 aromatic carbocycles. The first-order valence-electron chi connectivity index (χ1n) is 21.9. The number of amides is 1. The van der Waals surface area contributed by atoms with E-state index in [1.807, 2.05) is 30.3 Å². The van der Waals surface area contributed by atoms with E-state index in [2.05, 4.69) is 126 Å². The Balaban J connectivity index is 0.00000641. The summed E-state index contributed by atoms with van der Waals surface area (Å²) in [4.78, 5) is 17.5. The number of hydrogen-bond donors (Lipinski definition) is 2. The number of para-hydroxylation sites is 2. The van der Waals surface area contributed by atoms with E-state index in [1.54, 1.807) is 0 Å². The first-order valence-corrected chi connectivity index (χ1v) is 23.5. The molecule has 12 heteroatoms. The molecule has 1 amide bonds. The maximum Gasteiger partial charge on any atom is 1.00 e. The van der Waals surface area contributed by atoms with Crippen LogP contribution in [0.1, 0.15) is 83.8 Å². The van der Waals surface area contributed by atoms with Crippen molar-refractivity contribution in [3.63, 3.8) is 0 Å². The molecule has 0 spiro atoms. The number of fused-ring (bicyclic) bond motifs is 2. The largest absolute Gasteiger partial charge is 1.00 e. The van der Waals surface area contributed by atoms with Gasteiger partial charge in [0.05, 0.1) is 35.3 Å². The van der Waals surface area contributed by atoms with Crippen molar-refractivity contribution in [2.45, 2.75) is 83.5 Å². The minimum atomic E-state index is -4.27. The Kier molecular flexibility index (Phi) is 16.0. The van der Waals surface area contributed by atoms with Crippen molar-refractivity contribution in [1.82, 2.24) is 4.90 Å². The summed E-state index contributed by atoms with van der Waals surface area (Å²) in [5.74, 6) is -0.397. The molecule has 0 atom stereocenters. The third-order valence-electron chi connectivity index (χ3n) is 12.6. The van der Waals surface area contributed by atoms with Gasteiger partial charge in [0.1, 0.15) is 6.54 Å². The number of hydrogen-bond acceptors (Lipinski definition) is 8. The van der Waals surface area contributed by atoms with Gasteiger partial charge >= 0.3 is 29.6 Å². The van der Waals surface area contributed by atoms with E-state index in [0.717, 1.165) is 80.2 Å². The Morgan fingerprint density at radius 3 is 2.29 bits per heavy atom. The van der Waals surface area contributed by atoms with Gasteiger partial charge in [-0.15, -0.1) is 0 Å². The number of carbonyl (C=O) groups is 1. The molecule has 0 unspecified atom stereocenters.